The van der Waals surface area contributed by atoms with Crippen molar-refractivity contribution in [3.05, 3.63) is 54.1 Å². The van der Waals surface area contributed by atoms with Gasteiger partial charge in [-0.3, -0.25) is 4.90 Å². The average molecular weight is 774 g/mol. The maximum Gasteiger partial charge on any atom is 0.407 e. The third-order valence-corrected chi connectivity index (χ3v) is 14.1. The van der Waals surface area contributed by atoms with Gasteiger partial charge < -0.3 is 35.4 Å². The minimum atomic E-state index is -4.08. The summed E-state index contributed by atoms with van der Waals surface area (Å²) in [6.45, 7) is 6.56. The molecule has 4 fully saturated rings. The van der Waals surface area contributed by atoms with Crippen molar-refractivity contribution in [3.63, 3.8) is 0 Å². The molecule has 15 heteroatoms. The summed E-state index contributed by atoms with van der Waals surface area (Å²) in [5.74, 6) is -0.208. The summed E-state index contributed by atoms with van der Waals surface area (Å²) in [6.07, 6.45) is 5.31. The number of aliphatic hydroxyl groups excluding tert-OH is 1. The first kappa shape index (κ1) is 39.8. The Morgan fingerprint density at radius 1 is 1.04 bits per heavy atom. The molecule has 4 aliphatic rings. The van der Waals surface area contributed by atoms with Gasteiger partial charge in [-0.15, -0.1) is 0 Å². The summed E-state index contributed by atoms with van der Waals surface area (Å²) < 4.78 is 42.4. The highest BCUT2D eigenvalue weighted by Gasteiger charge is 2.49. The third-order valence-electron chi connectivity index (χ3n) is 11.3. The summed E-state index contributed by atoms with van der Waals surface area (Å²) in [5.41, 5.74) is 1.58. The van der Waals surface area contributed by atoms with Gasteiger partial charge in [0.15, 0.2) is 11.4 Å². The molecule has 3 saturated heterocycles. The number of amides is 1. The van der Waals surface area contributed by atoms with Crippen molar-refractivity contribution < 1.29 is 38.4 Å². The summed E-state index contributed by atoms with van der Waals surface area (Å²) in [6, 6.07) is 14.0. The quantitative estimate of drug-likeness (QED) is 0.209. The predicted molar refractivity (Wildman–Crippen MR) is 205 cm³/mol. The summed E-state index contributed by atoms with van der Waals surface area (Å²) in [5, 5.41) is 27.0. The molecule has 0 bridgehead atoms. The van der Waals surface area contributed by atoms with E-state index in [1.807, 2.05) is 44.2 Å². The molecule has 0 spiro atoms. The molecule has 1 aromatic heterocycles. The summed E-state index contributed by atoms with van der Waals surface area (Å²) >= 11 is 1.46. The number of aromatic nitrogens is 1. The molecule has 5 N–H and O–H groups in total. The molecule has 7 rings (SSSR count). The van der Waals surface area contributed by atoms with Crippen molar-refractivity contribution in [2.75, 3.05) is 44.7 Å². The van der Waals surface area contributed by atoms with E-state index < -0.39 is 40.6 Å². The van der Waals surface area contributed by atoms with Gasteiger partial charge in [-0.25, -0.2) is 18.2 Å². The Labute approximate surface area is 316 Å². The molecule has 3 aliphatic heterocycles. The number of aliphatic hydroxyl groups is 1. The van der Waals surface area contributed by atoms with E-state index in [2.05, 4.69) is 10.2 Å². The number of hydrogen-bond donors (Lipinski definition) is 3. The van der Waals surface area contributed by atoms with Gasteiger partial charge in [0.25, 0.3) is 0 Å². The number of likely N-dealkylation sites (tertiary alicyclic amines) is 1. The van der Waals surface area contributed by atoms with E-state index in [1.165, 1.54) is 46.2 Å². The number of sulfonamides is 1. The van der Waals surface area contributed by atoms with Gasteiger partial charge in [0, 0.05) is 44.2 Å². The Hall–Kier alpha value is -2.89. The van der Waals surface area contributed by atoms with E-state index in [1.54, 1.807) is 18.2 Å². The molecule has 3 aromatic rings. The van der Waals surface area contributed by atoms with Crippen LogP contribution >= 0.6 is 11.3 Å². The first-order valence-corrected chi connectivity index (χ1v) is 21.2. The zero-order valence-corrected chi connectivity index (χ0v) is 32.3. The third kappa shape index (κ3) is 8.99. The van der Waals surface area contributed by atoms with Crippen LogP contribution in [0.2, 0.25) is 0 Å². The Balaban J connectivity index is 0.00000481. The monoisotopic (exact) mass is 773 g/mol. The van der Waals surface area contributed by atoms with Crippen molar-refractivity contribution in [1.29, 1.82) is 0 Å². The lowest BCUT2D eigenvalue weighted by atomic mass is 9.93. The number of piperidine rings is 1. The smallest absolute Gasteiger partial charge is 0.407 e. The molecule has 2 aromatic carbocycles. The molecule has 0 unspecified atom stereocenters. The van der Waals surface area contributed by atoms with Crippen molar-refractivity contribution in [1.82, 2.24) is 19.1 Å². The maximum absolute atomic E-state index is 14.4. The van der Waals surface area contributed by atoms with Crippen LogP contribution in [0.25, 0.3) is 10.2 Å². The van der Waals surface area contributed by atoms with E-state index in [0.29, 0.717) is 19.1 Å². The molecule has 1 amide bonds. The maximum atomic E-state index is 14.4. The normalized spacial score (nSPS) is 24.1. The lowest BCUT2D eigenvalue weighted by molar-refractivity contribution is -0.0906. The highest BCUT2D eigenvalue weighted by atomic mass is 32.2. The van der Waals surface area contributed by atoms with Crippen LogP contribution in [0.1, 0.15) is 64.4 Å². The number of fused-ring (bicyclic) bond motifs is 2. The predicted octanol–water partition coefficient (Wildman–Crippen LogP) is 4.65. The van der Waals surface area contributed by atoms with Gasteiger partial charge in [0.2, 0.25) is 10.0 Å². The van der Waals surface area contributed by atoms with Gasteiger partial charge >= 0.3 is 6.09 Å². The van der Waals surface area contributed by atoms with Crippen molar-refractivity contribution in [3.8, 4) is 0 Å². The lowest BCUT2D eigenvalue weighted by Gasteiger charge is -2.39. The fourth-order valence-corrected chi connectivity index (χ4v) is 11.4. The highest BCUT2D eigenvalue weighted by molar-refractivity contribution is 7.89. The van der Waals surface area contributed by atoms with Crippen LogP contribution in [0.3, 0.4) is 0 Å². The molecule has 5 atom stereocenters. The molecule has 1 saturated carbocycles. The minimum absolute atomic E-state index is 0. The summed E-state index contributed by atoms with van der Waals surface area (Å²) in [4.78, 5) is 21.8. The van der Waals surface area contributed by atoms with Crippen LogP contribution in [0.4, 0.5) is 9.93 Å². The molecular weight excluding hydrogens is 719 g/mol. The summed E-state index contributed by atoms with van der Waals surface area (Å²) in [7, 11) is -4.08. The fourth-order valence-electron chi connectivity index (χ4n) is 8.67. The van der Waals surface area contributed by atoms with Gasteiger partial charge in [-0.2, -0.15) is 4.31 Å². The molecule has 13 nitrogen and oxygen atoms in total. The van der Waals surface area contributed by atoms with Crippen molar-refractivity contribution >= 4 is 42.8 Å². The molecular formula is C38H55N5O8S2. The molecule has 1 aliphatic carbocycles. The number of rotatable bonds is 14. The number of carbonyl (C=O) groups is 1. The fraction of sp³-hybridized carbons (Fsp3) is 0.632. The highest BCUT2D eigenvalue weighted by Crippen LogP contribution is 2.37. The van der Waals surface area contributed by atoms with Crippen molar-refractivity contribution in [2.45, 2.75) is 107 Å². The second-order valence-electron chi connectivity index (χ2n) is 15.4. The number of carboxylic acid groups (broad SMARTS) is 1. The van der Waals surface area contributed by atoms with Crippen LogP contribution in [0, 0.1) is 11.8 Å². The van der Waals surface area contributed by atoms with Crippen LogP contribution < -0.4 is 5.32 Å². The average Bonchev–Trinajstić information content (AvgIpc) is 3.94. The van der Waals surface area contributed by atoms with Gasteiger partial charge in [0.05, 0.1) is 46.5 Å². The molecule has 292 valence electrons. The van der Waals surface area contributed by atoms with Crippen LogP contribution in [-0.4, -0.2) is 125 Å². The first-order valence-electron chi connectivity index (χ1n) is 18.9. The number of nitrogens with zero attached hydrogens (tertiary/aromatic N) is 4. The largest absolute Gasteiger partial charge is 0.465 e. The van der Waals surface area contributed by atoms with Crippen LogP contribution in [0.15, 0.2) is 53.4 Å². The van der Waals surface area contributed by atoms with Gasteiger partial charge in [0.1, 0.15) is 0 Å². The molecule has 0 radical (unpaired) electrons. The second kappa shape index (κ2) is 17.3. The van der Waals surface area contributed by atoms with E-state index in [-0.39, 0.29) is 48.3 Å². The number of anilines is 1. The van der Waals surface area contributed by atoms with Gasteiger partial charge in [-0.05, 0) is 68.2 Å². The zero-order chi connectivity index (χ0) is 36.4. The Bertz CT molecular complexity index is 1760. The molecule has 4 heterocycles. The first-order chi connectivity index (χ1) is 25.1. The van der Waals surface area contributed by atoms with Gasteiger partial charge in [-0.1, -0.05) is 68.4 Å². The molecule has 53 heavy (non-hydrogen) atoms. The van der Waals surface area contributed by atoms with Crippen LogP contribution in [-0.2, 0) is 25.9 Å². The number of hydrogen-bond acceptors (Lipinski definition) is 10. The number of ether oxygens (including phenoxy) is 2. The Kier molecular flexibility index (Phi) is 13.0. The van der Waals surface area contributed by atoms with E-state index >= 15 is 0 Å². The Morgan fingerprint density at radius 3 is 2.47 bits per heavy atom. The number of nitrogens with one attached hydrogen (secondary N) is 1. The van der Waals surface area contributed by atoms with E-state index in [4.69, 9.17) is 14.5 Å². The second-order valence-corrected chi connectivity index (χ2v) is 18.3. The standard InChI is InChI=1S/C38H53N5O7S2.H2O/c1-25(2)22-42(23-34(44)32(20-26-8-4-3-5-9-26)43(38(45)46)33-24-50-36-30(33)16-19-49-36)52(47,48)29-12-13-31-35(21-29)51-37(40-31)39-27-14-17-41(18-15-27)28-10-6-7-11-28;/h3-5,8-9,12-13,21,25,27-28,30,32-34,36,44H,6-7,10-11,14-20,22-24H2,1-2H3,(H,39,40)(H,45,46);1H2/t30-,32-,33-,34+,36+;/m0./s1. The topological polar surface area (TPSA) is 176 Å². The Morgan fingerprint density at radius 2 is 1.77 bits per heavy atom. The van der Waals surface area contributed by atoms with E-state index in [9.17, 15) is 23.4 Å². The van der Waals surface area contributed by atoms with Crippen LogP contribution in [0.5, 0.6) is 0 Å². The van der Waals surface area contributed by atoms with Crippen molar-refractivity contribution in [2.24, 2.45) is 11.8 Å². The number of benzene rings is 2. The number of thiazole rings is 1. The zero-order valence-electron chi connectivity index (χ0n) is 30.7. The van der Waals surface area contributed by atoms with E-state index in [0.717, 1.165) is 52.9 Å². The lowest BCUT2D eigenvalue weighted by Crippen LogP contribution is -2.57. The minimum Gasteiger partial charge on any atom is -0.465 e. The SMILES string of the molecule is CC(C)CN(C[C@@H](O)[C@H](Cc1ccccc1)N(C(=O)O)[C@H]1CO[C@H]2OCC[C@H]21)S(=O)(=O)c1ccc2nc(NC3CCN(C4CCCC4)CC3)sc2c1.O.